The Balaban J connectivity index is 1.81. The number of hydrogen-bond donors (Lipinski definition) is 1. The average Bonchev–Trinajstić information content (AvgIpc) is 3.40. The van der Waals surface area contributed by atoms with E-state index in [1.807, 2.05) is 0 Å². The Kier molecular flexibility index (Phi) is 5.53. The minimum atomic E-state index is -1.28. The molecule has 0 aliphatic carbocycles. The molecule has 2 aliphatic heterocycles. The summed E-state index contributed by atoms with van der Waals surface area (Å²) in [4.78, 5) is 24.5. The summed E-state index contributed by atoms with van der Waals surface area (Å²) in [6.07, 6.45) is 2.84. The average molecular weight is 522 g/mol. The van der Waals surface area contributed by atoms with E-state index in [1.165, 1.54) is 19.3 Å². The molecule has 0 saturated heterocycles. The summed E-state index contributed by atoms with van der Waals surface area (Å²) in [5.74, 6) is 0.152. The molecule has 2 aliphatic rings. The van der Waals surface area contributed by atoms with Crippen molar-refractivity contribution >= 4 is 46.7 Å². The fourth-order valence-corrected chi connectivity index (χ4v) is 3.76. The second-order valence-corrected chi connectivity index (χ2v) is 7.31. The van der Waals surface area contributed by atoms with E-state index >= 15 is 0 Å². The van der Waals surface area contributed by atoms with Gasteiger partial charge in [0, 0.05) is 0 Å². The summed E-state index contributed by atoms with van der Waals surface area (Å²) in [5, 5.41) is 9.83. The molecule has 0 atom stereocenters. The third-order valence-electron chi connectivity index (χ3n) is 4.44. The maximum absolute atomic E-state index is 12.5. The number of carboxylic acids is 1. The van der Waals surface area contributed by atoms with Crippen LogP contribution in [0.15, 0.2) is 41.5 Å². The Bertz CT molecular complexity index is 1100. The number of halogens is 1. The molecule has 2 aromatic carbocycles. The largest absolute Gasteiger partial charge is 0.478 e. The number of carbonyl (C=O) groups is 2. The van der Waals surface area contributed by atoms with Crippen LogP contribution < -0.4 is 18.9 Å². The summed E-state index contributed by atoms with van der Waals surface area (Å²) in [6.45, 7) is 0.205. The standard InChI is InChI=1S/C21H15IO8/c1-26-21(25)14(8-12-3-5-16-19(18(12)22)30-10-28-16)13(20(23)24)6-11-2-4-15-17(7-11)29-9-27-15/h2-8H,9-10H2,1H3,(H,23,24). The van der Waals surface area contributed by atoms with E-state index in [0.29, 0.717) is 37.7 Å². The maximum atomic E-state index is 12.5. The molecule has 0 unspecified atom stereocenters. The van der Waals surface area contributed by atoms with Crippen molar-refractivity contribution in [2.75, 3.05) is 20.7 Å². The molecule has 8 nitrogen and oxygen atoms in total. The lowest BCUT2D eigenvalue weighted by atomic mass is 10.00. The van der Waals surface area contributed by atoms with Gasteiger partial charge in [-0.25, -0.2) is 9.59 Å². The third-order valence-corrected chi connectivity index (χ3v) is 5.55. The van der Waals surface area contributed by atoms with Gasteiger partial charge in [-0.15, -0.1) is 0 Å². The summed E-state index contributed by atoms with van der Waals surface area (Å²) < 4.78 is 26.9. The van der Waals surface area contributed by atoms with E-state index in [2.05, 4.69) is 22.6 Å². The zero-order chi connectivity index (χ0) is 21.3. The molecule has 0 radical (unpaired) electrons. The molecule has 2 aromatic rings. The highest BCUT2D eigenvalue weighted by molar-refractivity contribution is 14.1. The van der Waals surface area contributed by atoms with Crippen LogP contribution in [0, 0.1) is 3.57 Å². The van der Waals surface area contributed by atoms with Gasteiger partial charge in [0.15, 0.2) is 23.0 Å². The van der Waals surface area contributed by atoms with Crippen molar-refractivity contribution in [1.82, 2.24) is 0 Å². The van der Waals surface area contributed by atoms with Gasteiger partial charge in [-0.3, -0.25) is 0 Å². The van der Waals surface area contributed by atoms with Crippen molar-refractivity contribution < 1.29 is 38.4 Å². The zero-order valence-corrected chi connectivity index (χ0v) is 17.8. The highest BCUT2D eigenvalue weighted by atomic mass is 127. The van der Waals surface area contributed by atoms with E-state index in [-0.39, 0.29) is 24.7 Å². The van der Waals surface area contributed by atoms with Gasteiger partial charge in [0.05, 0.1) is 21.8 Å². The van der Waals surface area contributed by atoms with Crippen molar-refractivity contribution in [1.29, 1.82) is 0 Å². The molecule has 30 heavy (non-hydrogen) atoms. The first-order chi connectivity index (χ1) is 14.5. The van der Waals surface area contributed by atoms with Gasteiger partial charge in [-0.1, -0.05) is 6.07 Å². The first-order valence-corrected chi connectivity index (χ1v) is 9.79. The lowest BCUT2D eigenvalue weighted by Crippen LogP contribution is -2.13. The number of ether oxygens (including phenoxy) is 5. The normalized spacial score (nSPS) is 14.6. The number of esters is 1. The molecule has 0 fully saturated rings. The Morgan fingerprint density at radius 2 is 1.67 bits per heavy atom. The van der Waals surface area contributed by atoms with Gasteiger partial charge in [0.1, 0.15) is 0 Å². The van der Waals surface area contributed by atoms with Crippen molar-refractivity contribution in [3.63, 3.8) is 0 Å². The molecule has 2 heterocycles. The zero-order valence-electron chi connectivity index (χ0n) is 15.6. The van der Waals surface area contributed by atoms with Crippen molar-refractivity contribution in [2.24, 2.45) is 0 Å². The first kappa shape index (κ1) is 20.1. The number of methoxy groups -OCH3 is 1. The number of carboxylic acid groups (broad SMARTS) is 1. The second-order valence-electron chi connectivity index (χ2n) is 6.23. The third kappa shape index (κ3) is 3.80. The number of carbonyl (C=O) groups excluding carboxylic acids is 1. The number of aliphatic carboxylic acids is 1. The number of benzene rings is 2. The minimum absolute atomic E-state index is 0.101. The van der Waals surface area contributed by atoms with Crippen LogP contribution in [0.25, 0.3) is 12.2 Å². The molecule has 0 bridgehead atoms. The molecule has 4 rings (SSSR count). The summed E-state index contributed by atoms with van der Waals surface area (Å²) in [5.41, 5.74) is 0.790. The van der Waals surface area contributed by atoms with Crippen molar-refractivity contribution in [2.45, 2.75) is 0 Å². The molecule has 0 aromatic heterocycles. The molecule has 0 saturated carbocycles. The molecular formula is C21H15IO8. The van der Waals surface area contributed by atoms with Gasteiger partial charge >= 0.3 is 11.9 Å². The van der Waals surface area contributed by atoms with Crippen LogP contribution in [0.5, 0.6) is 23.0 Å². The molecule has 1 N–H and O–H groups in total. The van der Waals surface area contributed by atoms with E-state index in [4.69, 9.17) is 23.7 Å². The molecular weight excluding hydrogens is 507 g/mol. The van der Waals surface area contributed by atoms with Gasteiger partial charge in [-0.2, -0.15) is 0 Å². The van der Waals surface area contributed by atoms with E-state index in [0.717, 1.165) is 0 Å². The van der Waals surface area contributed by atoms with Crippen LogP contribution in [0.3, 0.4) is 0 Å². The van der Waals surface area contributed by atoms with Gasteiger partial charge < -0.3 is 28.8 Å². The van der Waals surface area contributed by atoms with Crippen LogP contribution in [-0.4, -0.2) is 37.7 Å². The maximum Gasteiger partial charge on any atom is 0.338 e. The van der Waals surface area contributed by atoms with Crippen LogP contribution in [-0.2, 0) is 14.3 Å². The quantitative estimate of drug-likeness (QED) is 0.276. The number of fused-ring (bicyclic) bond motifs is 2. The van der Waals surface area contributed by atoms with Crippen molar-refractivity contribution in [3.05, 3.63) is 56.2 Å². The Morgan fingerprint density at radius 3 is 2.43 bits per heavy atom. The Labute approximate surface area is 184 Å². The molecule has 154 valence electrons. The summed E-state index contributed by atoms with van der Waals surface area (Å²) in [6, 6.07) is 8.42. The number of rotatable bonds is 5. The van der Waals surface area contributed by atoms with Gasteiger partial charge in [-0.05, 0) is 70.1 Å². The predicted octanol–water partition coefficient (Wildman–Crippen LogP) is 3.47. The van der Waals surface area contributed by atoms with Crippen LogP contribution in [0.4, 0.5) is 0 Å². The monoisotopic (exact) mass is 522 g/mol. The smallest absolute Gasteiger partial charge is 0.338 e. The summed E-state index contributed by atoms with van der Waals surface area (Å²) in [7, 11) is 1.20. The fraction of sp³-hybridized carbons (Fsp3) is 0.143. The van der Waals surface area contributed by atoms with E-state index in [9.17, 15) is 14.7 Å². The lowest BCUT2D eigenvalue weighted by Gasteiger charge is -2.09. The van der Waals surface area contributed by atoms with E-state index < -0.39 is 11.9 Å². The fourth-order valence-electron chi connectivity index (χ4n) is 3.00. The highest BCUT2D eigenvalue weighted by Gasteiger charge is 2.24. The van der Waals surface area contributed by atoms with Crippen LogP contribution in [0.1, 0.15) is 11.1 Å². The molecule has 0 amide bonds. The lowest BCUT2D eigenvalue weighted by molar-refractivity contribution is -0.138. The van der Waals surface area contributed by atoms with Gasteiger partial charge in [0.25, 0.3) is 0 Å². The summed E-state index contributed by atoms with van der Waals surface area (Å²) >= 11 is 2.06. The molecule has 9 heteroatoms. The topological polar surface area (TPSA) is 101 Å². The van der Waals surface area contributed by atoms with E-state index in [1.54, 1.807) is 30.3 Å². The molecule has 0 spiro atoms. The van der Waals surface area contributed by atoms with Crippen LogP contribution >= 0.6 is 22.6 Å². The Hall–Kier alpha value is -3.21. The Morgan fingerprint density at radius 1 is 0.967 bits per heavy atom. The minimum Gasteiger partial charge on any atom is -0.478 e. The predicted molar refractivity (Wildman–Crippen MR) is 113 cm³/mol. The highest BCUT2D eigenvalue weighted by Crippen LogP contribution is 2.39. The SMILES string of the molecule is COC(=O)C(=Cc1ccc2c(c1I)OCO2)C(=Cc1ccc2c(c1)OCO2)C(=O)O. The second kappa shape index (κ2) is 8.27. The first-order valence-electron chi connectivity index (χ1n) is 8.71. The number of hydrogen-bond acceptors (Lipinski definition) is 7. The van der Waals surface area contributed by atoms with Crippen LogP contribution in [0.2, 0.25) is 0 Å². The van der Waals surface area contributed by atoms with Gasteiger partial charge in [0.2, 0.25) is 13.6 Å². The van der Waals surface area contributed by atoms with Crippen molar-refractivity contribution in [3.8, 4) is 23.0 Å².